The summed E-state index contributed by atoms with van der Waals surface area (Å²) in [5.41, 5.74) is 0.880. The standard InChI is InChI=1S/C13H21NO4S/c1-3-19(15,16)13-6-4-12(5-7-13)14-8-9-18-11-10-17-2/h4-7,14H,3,8-11H2,1-2H3. The van der Waals surface area contributed by atoms with Gasteiger partial charge < -0.3 is 14.8 Å². The Morgan fingerprint density at radius 1 is 1.11 bits per heavy atom. The first-order valence-electron chi connectivity index (χ1n) is 6.23. The molecule has 1 N–H and O–H groups in total. The predicted octanol–water partition coefficient (Wildman–Crippen LogP) is 1.56. The highest BCUT2D eigenvalue weighted by atomic mass is 32.2. The average Bonchev–Trinajstić information content (AvgIpc) is 2.43. The summed E-state index contributed by atoms with van der Waals surface area (Å²) in [6, 6.07) is 6.76. The molecule has 0 bridgehead atoms. The van der Waals surface area contributed by atoms with Crippen LogP contribution in [0, 0.1) is 0 Å². The molecule has 6 heteroatoms. The zero-order chi connectivity index (χ0) is 14.1. The summed E-state index contributed by atoms with van der Waals surface area (Å²) in [7, 11) is -1.48. The smallest absolute Gasteiger partial charge is 0.178 e. The fourth-order valence-corrected chi connectivity index (χ4v) is 2.34. The largest absolute Gasteiger partial charge is 0.383 e. The summed E-state index contributed by atoms with van der Waals surface area (Å²) in [5, 5.41) is 3.16. The summed E-state index contributed by atoms with van der Waals surface area (Å²) in [6.07, 6.45) is 0. The molecule has 5 nitrogen and oxygen atoms in total. The number of benzene rings is 1. The van der Waals surface area contributed by atoms with Crippen molar-refractivity contribution in [1.82, 2.24) is 0 Å². The minimum absolute atomic E-state index is 0.118. The van der Waals surface area contributed by atoms with E-state index in [1.165, 1.54) is 0 Å². The molecule has 0 aliphatic rings. The van der Waals surface area contributed by atoms with E-state index < -0.39 is 9.84 Å². The molecule has 0 aliphatic carbocycles. The quantitative estimate of drug-likeness (QED) is 0.698. The lowest BCUT2D eigenvalue weighted by molar-refractivity contribution is 0.0759. The number of sulfone groups is 1. The van der Waals surface area contributed by atoms with E-state index in [1.54, 1.807) is 38.3 Å². The molecule has 0 atom stereocenters. The van der Waals surface area contributed by atoms with Crippen molar-refractivity contribution in [3.8, 4) is 0 Å². The van der Waals surface area contributed by atoms with Crippen LogP contribution in [-0.2, 0) is 19.3 Å². The second-order valence-electron chi connectivity index (χ2n) is 3.96. The molecular weight excluding hydrogens is 266 g/mol. The maximum Gasteiger partial charge on any atom is 0.178 e. The van der Waals surface area contributed by atoms with E-state index in [4.69, 9.17) is 9.47 Å². The first kappa shape index (κ1) is 15.9. The molecule has 1 aromatic rings. The van der Waals surface area contributed by atoms with Gasteiger partial charge in [0.05, 0.1) is 30.5 Å². The highest BCUT2D eigenvalue weighted by molar-refractivity contribution is 7.91. The topological polar surface area (TPSA) is 64.6 Å². The summed E-state index contributed by atoms with van der Waals surface area (Å²) in [4.78, 5) is 0.358. The molecule has 0 heterocycles. The number of hydrogen-bond acceptors (Lipinski definition) is 5. The van der Waals surface area contributed by atoms with Gasteiger partial charge in [-0.25, -0.2) is 8.42 Å². The normalized spacial score (nSPS) is 11.5. The van der Waals surface area contributed by atoms with Gasteiger partial charge in [-0.1, -0.05) is 6.92 Å². The van der Waals surface area contributed by atoms with Crippen molar-refractivity contribution in [2.24, 2.45) is 0 Å². The molecule has 0 aromatic heterocycles. The molecule has 1 aromatic carbocycles. The third kappa shape index (κ3) is 5.59. The highest BCUT2D eigenvalue weighted by Crippen LogP contribution is 2.14. The van der Waals surface area contributed by atoms with Crippen LogP contribution in [0.25, 0.3) is 0 Å². The minimum atomic E-state index is -3.12. The summed E-state index contributed by atoms with van der Waals surface area (Å²) in [5.74, 6) is 0.118. The molecule has 0 spiro atoms. The Labute approximate surface area is 114 Å². The van der Waals surface area contributed by atoms with Crippen molar-refractivity contribution < 1.29 is 17.9 Å². The maximum atomic E-state index is 11.6. The second kappa shape index (κ2) is 8.14. The Balaban J connectivity index is 2.37. The van der Waals surface area contributed by atoms with Gasteiger partial charge in [0, 0.05) is 19.3 Å². The molecule has 0 fully saturated rings. The monoisotopic (exact) mass is 287 g/mol. The van der Waals surface area contributed by atoms with E-state index in [2.05, 4.69) is 5.32 Å². The van der Waals surface area contributed by atoms with Crippen molar-refractivity contribution in [2.45, 2.75) is 11.8 Å². The first-order valence-corrected chi connectivity index (χ1v) is 7.88. The van der Waals surface area contributed by atoms with Gasteiger partial charge >= 0.3 is 0 Å². The van der Waals surface area contributed by atoms with Crippen molar-refractivity contribution in [2.75, 3.05) is 44.5 Å². The second-order valence-corrected chi connectivity index (χ2v) is 6.24. The Hall–Kier alpha value is -1.11. The van der Waals surface area contributed by atoms with Gasteiger partial charge in [0.15, 0.2) is 9.84 Å². The molecule has 19 heavy (non-hydrogen) atoms. The third-order valence-corrected chi connectivity index (χ3v) is 4.35. The number of hydrogen-bond donors (Lipinski definition) is 1. The summed E-state index contributed by atoms with van der Waals surface area (Å²) in [6.45, 7) is 4.05. The predicted molar refractivity (Wildman–Crippen MR) is 75.4 cm³/mol. The van der Waals surface area contributed by atoms with E-state index in [0.717, 1.165) is 5.69 Å². The van der Waals surface area contributed by atoms with E-state index in [0.29, 0.717) is 31.3 Å². The highest BCUT2D eigenvalue weighted by Gasteiger charge is 2.10. The zero-order valence-corrected chi connectivity index (χ0v) is 12.2. The van der Waals surface area contributed by atoms with Gasteiger partial charge in [0.2, 0.25) is 0 Å². The van der Waals surface area contributed by atoms with Crippen LogP contribution in [-0.4, -0.2) is 47.6 Å². The average molecular weight is 287 g/mol. The molecular formula is C13H21NO4S. The fraction of sp³-hybridized carbons (Fsp3) is 0.538. The number of anilines is 1. The lowest BCUT2D eigenvalue weighted by Crippen LogP contribution is -2.12. The van der Waals surface area contributed by atoms with Gasteiger partial charge in [-0.3, -0.25) is 0 Å². The SMILES string of the molecule is CCS(=O)(=O)c1ccc(NCCOCCOC)cc1. The van der Waals surface area contributed by atoms with Crippen LogP contribution in [0.2, 0.25) is 0 Å². The first-order chi connectivity index (χ1) is 9.10. The number of nitrogens with one attached hydrogen (secondary N) is 1. The Morgan fingerprint density at radius 2 is 1.79 bits per heavy atom. The molecule has 0 aliphatic heterocycles. The number of ether oxygens (including phenoxy) is 2. The molecule has 0 saturated heterocycles. The molecule has 108 valence electrons. The van der Waals surface area contributed by atoms with Gasteiger partial charge in [0.1, 0.15) is 0 Å². The fourth-order valence-electron chi connectivity index (χ4n) is 1.46. The van der Waals surface area contributed by atoms with Gasteiger partial charge in [-0.05, 0) is 24.3 Å². The van der Waals surface area contributed by atoms with Crippen LogP contribution < -0.4 is 5.32 Å². The van der Waals surface area contributed by atoms with Gasteiger partial charge in [-0.15, -0.1) is 0 Å². The van der Waals surface area contributed by atoms with Gasteiger partial charge in [-0.2, -0.15) is 0 Å². The summed E-state index contributed by atoms with van der Waals surface area (Å²) < 4.78 is 33.4. The van der Waals surface area contributed by atoms with Crippen molar-refractivity contribution >= 4 is 15.5 Å². The van der Waals surface area contributed by atoms with Crippen LogP contribution in [0.15, 0.2) is 29.2 Å². The van der Waals surface area contributed by atoms with Gasteiger partial charge in [0.25, 0.3) is 0 Å². The van der Waals surface area contributed by atoms with Crippen molar-refractivity contribution in [3.05, 3.63) is 24.3 Å². The van der Waals surface area contributed by atoms with E-state index >= 15 is 0 Å². The van der Waals surface area contributed by atoms with Crippen LogP contribution in [0.1, 0.15) is 6.92 Å². The van der Waals surface area contributed by atoms with Crippen LogP contribution in [0.4, 0.5) is 5.69 Å². The third-order valence-electron chi connectivity index (χ3n) is 2.60. The lowest BCUT2D eigenvalue weighted by atomic mass is 10.3. The Kier molecular flexibility index (Phi) is 6.83. The molecule has 0 saturated carbocycles. The van der Waals surface area contributed by atoms with Crippen LogP contribution in [0.3, 0.4) is 0 Å². The van der Waals surface area contributed by atoms with Crippen LogP contribution in [0.5, 0.6) is 0 Å². The molecule has 0 amide bonds. The number of methoxy groups -OCH3 is 1. The molecule has 0 unspecified atom stereocenters. The summed E-state index contributed by atoms with van der Waals surface area (Å²) >= 11 is 0. The Bertz CT molecular complexity index is 456. The molecule has 1 rings (SSSR count). The van der Waals surface area contributed by atoms with E-state index in [1.807, 2.05) is 0 Å². The van der Waals surface area contributed by atoms with Crippen LogP contribution >= 0.6 is 0 Å². The zero-order valence-electron chi connectivity index (χ0n) is 11.4. The van der Waals surface area contributed by atoms with E-state index in [9.17, 15) is 8.42 Å². The van der Waals surface area contributed by atoms with Crippen molar-refractivity contribution in [1.29, 1.82) is 0 Å². The van der Waals surface area contributed by atoms with E-state index in [-0.39, 0.29) is 5.75 Å². The molecule has 0 radical (unpaired) electrons. The lowest BCUT2D eigenvalue weighted by Gasteiger charge is -2.08. The Morgan fingerprint density at radius 3 is 2.37 bits per heavy atom. The number of rotatable bonds is 9. The minimum Gasteiger partial charge on any atom is -0.383 e. The van der Waals surface area contributed by atoms with Crippen molar-refractivity contribution in [3.63, 3.8) is 0 Å². The maximum absolute atomic E-state index is 11.6.